The zero-order valence-corrected chi connectivity index (χ0v) is 13.1. The van der Waals surface area contributed by atoms with Gasteiger partial charge < -0.3 is 10.1 Å². The summed E-state index contributed by atoms with van der Waals surface area (Å²) < 4.78 is 5.38. The lowest BCUT2D eigenvalue weighted by atomic mass is 10.1. The first kappa shape index (κ1) is 16.0. The summed E-state index contributed by atoms with van der Waals surface area (Å²) in [5.74, 6) is 0.528. The standard InChI is InChI=1S/C17H26N2O2/c1-14(2)11-17(20)18-12-15-5-3-4-6-16(15)13-19-7-9-21-10-8-19/h3-6,14H,7-13H2,1-2H3,(H,18,20). The normalized spacial score (nSPS) is 16.1. The number of nitrogens with one attached hydrogen (secondary N) is 1. The average Bonchev–Trinajstić information content (AvgIpc) is 2.47. The molecule has 0 bridgehead atoms. The highest BCUT2D eigenvalue weighted by Crippen LogP contribution is 2.13. The average molecular weight is 290 g/mol. The van der Waals surface area contributed by atoms with Crippen LogP contribution >= 0.6 is 0 Å². The second-order valence-corrected chi connectivity index (χ2v) is 6.03. The molecule has 1 aromatic carbocycles. The topological polar surface area (TPSA) is 41.6 Å². The molecule has 0 saturated carbocycles. The van der Waals surface area contributed by atoms with Gasteiger partial charge >= 0.3 is 0 Å². The molecule has 2 rings (SSSR count). The molecule has 0 atom stereocenters. The van der Waals surface area contributed by atoms with Crippen LogP contribution in [0.25, 0.3) is 0 Å². The monoisotopic (exact) mass is 290 g/mol. The molecule has 0 spiro atoms. The number of nitrogens with zero attached hydrogens (tertiary/aromatic N) is 1. The van der Waals surface area contributed by atoms with E-state index in [4.69, 9.17) is 4.74 Å². The van der Waals surface area contributed by atoms with Crippen molar-refractivity contribution in [2.45, 2.75) is 33.4 Å². The third-order valence-electron chi connectivity index (χ3n) is 3.69. The minimum Gasteiger partial charge on any atom is -0.379 e. The Hall–Kier alpha value is -1.39. The zero-order chi connectivity index (χ0) is 15.1. The molecule has 0 unspecified atom stereocenters. The van der Waals surface area contributed by atoms with Crippen molar-refractivity contribution < 1.29 is 9.53 Å². The van der Waals surface area contributed by atoms with Crippen molar-refractivity contribution in [2.75, 3.05) is 26.3 Å². The van der Waals surface area contributed by atoms with Gasteiger partial charge in [0.2, 0.25) is 5.91 Å². The highest BCUT2D eigenvalue weighted by Gasteiger charge is 2.13. The number of carbonyl (C=O) groups excluding carboxylic acids is 1. The summed E-state index contributed by atoms with van der Waals surface area (Å²) in [6, 6.07) is 8.35. The zero-order valence-electron chi connectivity index (χ0n) is 13.1. The molecule has 1 saturated heterocycles. The van der Waals surface area contributed by atoms with Gasteiger partial charge in [0.25, 0.3) is 0 Å². The molecule has 0 aromatic heterocycles. The number of morpholine rings is 1. The van der Waals surface area contributed by atoms with Crippen LogP contribution in [0, 0.1) is 5.92 Å². The second-order valence-electron chi connectivity index (χ2n) is 6.03. The van der Waals surface area contributed by atoms with E-state index in [0.29, 0.717) is 18.9 Å². The fourth-order valence-electron chi connectivity index (χ4n) is 2.52. The van der Waals surface area contributed by atoms with Crippen LogP contribution in [0.4, 0.5) is 0 Å². The van der Waals surface area contributed by atoms with E-state index in [2.05, 4.69) is 42.3 Å². The predicted octanol–water partition coefficient (Wildman–Crippen LogP) is 2.18. The quantitative estimate of drug-likeness (QED) is 0.873. The molecule has 116 valence electrons. The van der Waals surface area contributed by atoms with Crippen LogP contribution in [0.1, 0.15) is 31.4 Å². The summed E-state index contributed by atoms with van der Waals surface area (Å²) in [5.41, 5.74) is 2.50. The van der Waals surface area contributed by atoms with Gasteiger partial charge in [-0.05, 0) is 17.0 Å². The van der Waals surface area contributed by atoms with E-state index < -0.39 is 0 Å². The molecule has 4 nitrogen and oxygen atoms in total. The van der Waals surface area contributed by atoms with Gasteiger partial charge in [0.05, 0.1) is 13.2 Å². The fourth-order valence-corrected chi connectivity index (χ4v) is 2.52. The summed E-state index contributed by atoms with van der Waals surface area (Å²) >= 11 is 0. The maximum atomic E-state index is 11.8. The van der Waals surface area contributed by atoms with Gasteiger partial charge in [-0.3, -0.25) is 9.69 Å². The lowest BCUT2D eigenvalue weighted by Gasteiger charge is -2.27. The highest BCUT2D eigenvalue weighted by molar-refractivity contribution is 5.76. The Morgan fingerprint density at radius 2 is 1.90 bits per heavy atom. The minimum absolute atomic E-state index is 0.131. The third-order valence-corrected chi connectivity index (χ3v) is 3.69. The maximum Gasteiger partial charge on any atom is 0.220 e. The van der Waals surface area contributed by atoms with E-state index in [0.717, 1.165) is 32.8 Å². The van der Waals surface area contributed by atoms with Crippen molar-refractivity contribution in [1.29, 1.82) is 0 Å². The van der Waals surface area contributed by atoms with Crippen LogP contribution in [0.3, 0.4) is 0 Å². The summed E-state index contributed by atoms with van der Waals surface area (Å²) in [6.45, 7) is 9.26. The molecule has 21 heavy (non-hydrogen) atoms. The van der Waals surface area contributed by atoms with Gasteiger partial charge in [-0.25, -0.2) is 0 Å². The van der Waals surface area contributed by atoms with E-state index in [9.17, 15) is 4.79 Å². The fraction of sp³-hybridized carbons (Fsp3) is 0.588. The first-order valence-electron chi connectivity index (χ1n) is 7.78. The lowest BCUT2D eigenvalue weighted by molar-refractivity contribution is -0.121. The van der Waals surface area contributed by atoms with Gasteiger partial charge in [-0.2, -0.15) is 0 Å². The number of carbonyl (C=O) groups is 1. The minimum atomic E-state index is 0.131. The van der Waals surface area contributed by atoms with Crippen molar-refractivity contribution in [1.82, 2.24) is 10.2 Å². The molecule has 1 N–H and O–H groups in total. The molecular weight excluding hydrogens is 264 g/mol. The molecule has 1 aliphatic heterocycles. The molecule has 1 amide bonds. The summed E-state index contributed by atoms with van der Waals surface area (Å²) in [6.07, 6.45) is 0.589. The molecular formula is C17H26N2O2. The second kappa shape index (κ2) is 8.15. The maximum absolute atomic E-state index is 11.8. The Labute approximate surface area is 127 Å². The Balaban J connectivity index is 1.91. The lowest BCUT2D eigenvalue weighted by Crippen LogP contribution is -2.36. The number of rotatable bonds is 6. The van der Waals surface area contributed by atoms with Crippen molar-refractivity contribution in [2.24, 2.45) is 5.92 Å². The van der Waals surface area contributed by atoms with Crippen molar-refractivity contribution in [3.63, 3.8) is 0 Å². The van der Waals surface area contributed by atoms with E-state index in [1.165, 1.54) is 11.1 Å². The molecule has 1 aliphatic rings. The Morgan fingerprint density at radius 3 is 2.57 bits per heavy atom. The first-order valence-corrected chi connectivity index (χ1v) is 7.78. The summed E-state index contributed by atoms with van der Waals surface area (Å²) in [4.78, 5) is 14.2. The molecule has 1 fully saturated rings. The van der Waals surface area contributed by atoms with Gasteiger partial charge in [-0.1, -0.05) is 38.1 Å². The molecule has 1 aromatic rings. The van der Waals surface area contributed by atoms with Crippen LogP contribution < -0.4 is 5.32 Å². The van der Waals surface area contributed by atoms with Gasteiger partial charge in [0.1, 0.15) is 0 Å². The van der Waals surface area contributed by atoms with Crippen LogP contribution in [-0.2, 0) is 22.6 Å². The van der Waals surface area contributed by atoms with Gasteiger partial charge in [-0.15, -0.1) is 0 Å². The van der Waals surface area contributed by atoms with Crippen LogP contribution in [-0.4, -0.2) is 37.1 Å². The van der Waals surface area contributed by atoms with Crippen LogP contribution in [0.15, 0.2) is 24.3 Å². The Kier molecular flexibility index (Phi) is 6.21. The first-order chi connectivity index (χ1) is 10.1. The van der Waals surface area contributed by atoms with Gasteiger partial charge in [0.15, 0.2) is 0 Å². The molecule has 4 heteroatoms. The number of hydrogen-bond acceptors (Lipinski definition) is 3. The molecule has 0 radical (unpaired) electrons. The number of hydrogen-bond donors (Lipinski definition) is 1. The van der Waals surface area contributed by atoms with Crippen LogP contribution in [0.2, 0.25) is 0 Å². The summed E-state index contributed by atoms with van der Waals surface area (Å²) in [7, 11) is 0. The van der Waals surface area contributed by atoms with Crippen LogP contribution in [0.5, 0.6) is 0 Å². The smallest absolute Gasteiger partial charge is 0.220 e. The Morgan fingerprint density at radius 1 is 1.24 bits per heavy atom. The largest absolute Gasteiger partial charge is 0.379 e. The molecule has 1 heterocycles. The SMILES string of the molecule is CC(C)CC(=O)NCc1ccccc1CN1CCOCC1. The number of amides is 1. The van der Waals surface area contributed by atoms with E-state index >= 15 is 0 Å². The Bertz CT molecular complexity index is 454. The van der Waals surface area contributed by atoms with E-state index in [1.54, 1.807) is 0 Å². The van der Waals surface area contributed by atoms with Crippen molar-refractivity contribution in [3.05, 3.63) is 35.4 Å². The van der Waals surface area contributed by atoms with E-state index in [-0.39, 0.29) is 5.91 Å². The number of ether oxygens (including phenoxy) is 1. The van der Waals surface area contributed by atoms with E-state index in [1.807, 2.05) is 6.07 Å². The summed E-state index contributed by atoms with van der Waals surface area (Å²) in [5, 5.41) is 3.03. The highest BCUT2D eigenvalue weighted by atomic mass is 16.5. The van der Waals surface area contributed by atoms with Crippen molar-refractivity contribution in [3.8, 4) is 0 Å². The number of benzene rings is 1. The molecule has 0 aliphatic carbocycles. The van der Waals surface area contributed by atoms with Gasteiger partial charge in [0, 0.05) is 32.6 Å². The predicted molar refractivity (Wildman–Crippen MR) is 83.8 cm³/mol. The third kappa shape index (κ3) is 5.48. The van der Waals surface area contributed by atoms with Crippen molar-refractivity contribution >= 4 is 5.91 Å².